The van der Waals surface area contributed by atoms with Crippen molar-refractivity contribution in [3.05, 3.63) is 35.9 Å². The molecule has 2 rings (SSSR count). The van der Waals surface area contributed by atoms with Crippen LogP contribution in [0, 0.1) is 0 Å². The molecular weight excluding hydrogens is 361 g/mol. The Morgan fingerprint density at radius 2 is 1.36 bits per heavy atom. The Balaban J connectivity index is 2.89. The Hall–Kier alpha value is -1.29. The minimum atomic E-state index is -5.48. The van der Waals surface area contributed by atoms with E-state index in [2.05, 4.69) is 4.90 Å². The molecule has 1 aliphatic rings. The minimum Gasteiger partial charge on any atom is -0.425 e. The molecule has 10 heteroatoms. The van der Waals surface area contributed by atoms with Crippen LogP contribution in [-0.4, -0.2) is 56.5 Å². The van der Waals surface area contributed by atoms with Gasteiger partial charge in [-0.05, 0) is 12.1 Å². The number of alkyl halides is 6. The Morgan fingerprint density at radius 3 is 1.68 bits per heavy atom. The van der Waals surface area contributed by atoms with Gasteiger partial charge >= 0.3 is 6.28 Å². The normalized spacial score (nSPS) is 23.5. The van der Waals surface area contributed by atoms with Crippen molar-refractivity contribution in [2.24, 2.45) is 4.90 Å². The number of amidine groups is 1. The molecule has 25 heavy (non-hydrogen) atoms. The lowest BCUT2D eigenvalue weighted by molar-refractivity contribution is -0.799. The summed E-state index contributed by atoms with van der Waals surface area (Å²) in [6.45, 7) is 4.61. The number of quaternary nitrogens is 1. The van der Waals surface area contributed by atoms with E-state index in [-0.39, 0.29) is 11.4 Å². The Labute approximate surface area is 144 Å². The van der Waals surface area contributed by atoms with E-state index < -0.39 is 36.6 Å². The first-order chi connectivity index (χ1) is 11.1. The van der Waals surface area contributed by atoms with Gasteiger partial charge in [0.2, 0.25) is 0 Å². The highest BCUT2D eigenvalue weighted by Crippen LogP contribution is 2.52. The van der Waals surface area contributed by atoms with E-state index in [9.17, 15) is 26.3 Å². The van der Waals surface area contributed by atoms with Crippen molar-refractivity contribution < 1.29 is 30.8 Å². The van der Waals surface area contributed by atoms with Crippen LogP contribution in [0.2, 0.25) is 19.6 Å². The molecule has 1 heterocycles. The van der Waals surface area contributed by atoms with Gasteiger partial charge in [0.1, 0.15) is 0 Å². The Morgan fingerprint density at radius 1 is 0.920 bits per heavy atom. The molecule has 0 aliphatic carbocycles. The highest BCUT2D eigenvalue weighted by molar-refractivity contribution is 7.00. The molecule has 2 nitrogen and oxygen atoms in total. The van der Waals surface area contributed by atoms with Crippen LogP contribution in [0.25, 0.3) is 0 Å². The Kier molecular flexibility index (Phi) is 4.49. The molecule has 0 N–H and O–H groups in total. The van der Waals surface area contributed by atoms with E-state index >= 15 is 0 Å². The standard InChI is InChI=1S/C15H21BF6N2Si/c1-24(2)12(11-9-7-6-8-10-11)23-16(14(17,18)19,15(20,21)22)13(24)25(3,4)5/h6-10,13H,1-5H3. The van der Waals surface area contributed by atoms with Gasteiger partial charge in [-0.15, -0.1) is 0 Å². The first-order valence-corrected chi connectivity index (χ1v) is 11.4. The highest BCUT2D eigenvalue weighted by atomic mass is 28.3. The fourth-order valence-electron chi connectivity index (χ4n) is 4.46. The topological polar surface area (TPSA) is 12.4 Å². The molecule has 0 saturated carbocycles. The monoisotopic (exact) mass is 382 g/mol. The first kappa shape index (κ1) is 20.0. The van der Waals surface area contributed by atoms with Crippen LogP contribution < -0.4 is 0 Å². The Bertz CT molecular complexity index is 662. The van der Waals surface area contributed by atoms with Gasteiger partial charge in [-0.2, -0.15) is 0 Å². The van der Waals surface area contributed by atoms with Gasteiger partial charge in [0.25, 0.3) is 12.2 Å². The van der Waals surface area contributed by atoms with Crippen LogP contribution in [0.1, 0.15) is 5.56 Å². The molecule has 0 saturated heterocycles. The van der Waals surface area contributed by atoms with Gasteiger partial charge < -0.3 is 9.39 Å². The van der Waals surface area contributed by atoms with Crippen molar-refractivity contribution in [2.75, 3.05) is 14.1 Å². The zero-order chi connectivity index (χ0) is 19.5. The number of hydrogen-bond acceptors (Lipinski definition) is 1. The highest BCUT2D eigenvalue weighted by Gasteiger charge is 2.79. The zero-order valence-electron chi connectivity index (χ0n) is 14.7. The van der Waals surface area contributed by atoms with E-state index in [1.54, 1.807) is 18.2 Å². The van der Waals surface area contributed by atoms with E-state index in [0.717, 1.165) is 0 Å². The zero-order valence-corrected chi connectivity index (χ0v) is 15.7. The number of nitrogens with zero attached hydrogens (tertiary/aromatic N) is 2. The second kappa shape index (κ2) is 5.60. The summed E-state index contributed by atoms with van der Waals surface area (Å²) in [5.41, 5.74) is -1.38. The van der Waals surface area contributed by atoms with Crippen LogP contribution in [0.15, 0.2) is 35.2 Å². The third kappa shape index (κ3) is 2.93. The fourth-order valence-corrected chi connectivity index (χ4v) is 8.42. The van der Waals surface area contributed by atoms with Crippen molar-refractivity contribution >= 4 is 20.2 Å². The molecule has 1 unspecified atom stereocenters. The maximum atomic E-state index is 13.9. The van der Waals surface area contributed by atoms with Crippen LogP contribution in [0.5, 0.6) is 0 Å². The van der Waals surface area contributed by atoms with Crippen LogP contribution in [0.3, 0.4) is 0 Å². The third-order valence-corrected chi connectivity index (χ3v) is 7.84. The lowest BCUT2D eigenvalue weighted by Crippen LogP contribution is -2.78. The van der Waals surface area contributed by atoms with E-state index in [1.165, 1.54) is 45.9 Å². The molecule has 0 bridgehead atoms. The molecule has 0 radical (unpaired) electrons. The van der Waals surface area contributed by atoms with Gasteiger partial charge in [-0.1, -0.05) is 37.8 Å². The molecular formula is C15H21BF6N2Si. The average molecular weight is 382 g/mol. The van der Waals surface area contributed by atoms with E-state index in [4.69, 9.17) is 0 Å². The van der Waals surface area contributed by atoms with Crippen molar-refractivity contribution in [3.8, 4) is 0 Å². The summed E-state index contributed by atoms with van der Waals surface area (Å²) in [5, 5.41) is 0. The first-order valence-electron chi connectivity index (χ1n) is 7.85. The molecule has 1 aromatic carbocycles. The SMILES string of the molecule is C[N+]1(C)C(c2ccccc2)=N[B-](C(F)(F)F)(C(F)(F)F)C1[Si](C)(C)C. The van der Waals surface area contributed by atoms with Crippen molar-refractivity contribution in [1.29, 1.82) is 0 Å². The molecule has 0 amide bonds. The van der Waals surface area contributed by atoms with Gasteiger partial charge in [-0.25, -0.2) is 26.3 Å². The number of rotatable bonds is 2. The van der Waals surface area contributed by atoms with E-state index in [1.807, 2.05) is 0 Å². The number of halogens is 6. The lowest BCUT2D eigenvalue weighted by atomic mass is 9.33. The van der Waals surface area contributed by atoms with Gasteiger partial charge in [0, 0.05) is 5.56 Å². The molecule has 0 aromatic heterocycles. The molecule has 1 atom stereocenters. The minimum absolute atomic E-state index is 0.164. The van der Waals surface area contributed by atoms with Crippen LogP contribution in [0.4, 0.5) is 26.3 Å². The van der Waals surface area contributed by atoms with Crippen molar-refractivity contribution in [2.45, 2.75) is 37.4 Å². The molecule has 0 spiro atoms. The largest absolute Gasteiger partial charge is 0.425 e. The maximum absolute atomic E-state index is 13.9. The molecule has 0 fully saturated rings. The van der Waals surface area contributed by atoms with Crippen LogP contribution in [-0.2, 0) is 0 Å². The average Bonchev–Trinajstić information content (AvgIpc) is 2.67. The summed E-state index contributed by atoms with van der Waals surface area (Å²) >= 11 is 0. The molecule has 140 valence electrons. The summed E-state index contributed by atoms with van der Waals surface area (Å²) in [6.07, 6.45) is -15.9. The summed E-state index contributed by atoms with van der Waals surface area (Å²) in [6, 6.07) is 7.81. The fraction of sp³-hybridized carbons (Fsp3) is 0.533. The van der Waals surface area contributed by atoms with Crippen molar-refractivity contribution in [3.63, 3.8) is 0 Å². The molecule has 1 aromatic rings. The van der Waals surface area contributed by atoms with Gasteiger partial charge in [-0.3, -0.25) is 0 Å². The smallest absolute Gasteiger partial charge is 0.389 e. The van der Waals surface area contributed by atoms with E-state index in [0.29, 0.717) is 0 Å². The summed E-state index contributed by atoms with van der Waals surface area (Å²) < 4.78 is 83.1. The van der Waals surface area contributed by atoms with Gasteiger partial charge in [0.15, 0.2) is 5.84 Å². The maximum Gasteiger partial charge on any atom is 0.389 e. The third-order valence-electron chi connectivity index (χ3n) is 4.94. The second-order valence-corrected chi connectivity index (χ2v) is 13.5. The molecule has 1 aliphatic heterocycles. The second-order valence-electron chi connectivity index (χ2n) is 8.14. The summed E-state index contributed by atoms with van der Waals surface area (Å²) in [5.74, 6) is -0.164. The number of hydrogen-bond donors (Lipinski definition) is 0. The van der Waals surface area contributed by atoms with Crippen LogP contribution >= 0.6 is 0 Å². The predicted molar refractivity (Wildman–Crippen MR) is 90.1 cm³/mol. The predicted octanol–water partition coefficient (Wildman–Crippen LogP) is 4.46. The van der Waals surface area contributed by atoms with Gasteiger partial charge in [0.05, 0.1) is 27.7 Å². The lowest BCUT2D eigenvalue weighted by Gasteiger charge is -2.51. The number of benzene rings is 1. The quantitative estimate of drug-likeness (QED) is 0.407. The summed E-state index contributed by atoms with van der Waals surface area (Å²) in [7, 11) is -0.147. The van der Waals surface area contributed by atoms with Crippen molar-refractivity contribution in [1.82, 2.24) is 0 Å². The summed E-state index contributed by atoms with van der Waals surface area (Å²) in [4.78, 5) is 3.47.